The number of benzene rings is 1. The summed E-state index contributed by atoms with van der Waals surface area (Å²) in [6.07, 6.45) is 0. The molecule has 0 unspecified atom stereocenters. The number of ketones is 1. The molecule has 6 nitrogen and oxygen atoms in total. The minimum Gasteiger partial charge on any atom is -0.295 e. The molecule has 0 fully saturated rings. The molecule has 0 atom stereocenters. The van der Waals surface area contributed by atoms with Crippen LogP contribution < -0.4 is 5.69 Å². The summed E-state index contributed by atoms with van der Waals surface area (Å²) in [5.41, 5.74) is 3.23. The summed E-state index contributed by atoms with van der Waals surface area (Å²) in [5.74, 6) is -0.0782. The van der Waals surface area contributed by atoms with E-state index in [2.05, 4.69) is 31.8 Å². The number of aromatic nitrogens is 3. The lowest BCUT2D eigenvalue weighted by Crippen LogP contribution is -2.27. The molecule has 6 heteroatoms. The van der Waals surface area contributed by atoms with Crippen LogP contribution in [0.25, 0.3) is 22.4 Å². The SMILES string of the molecule is CC(=O)c1ccc(C#N)c(-c2ccc3c(n2)n(C)c(=O)n3CC(C)(C)C)c1. The predicted molar refractivity (Wildman–Crippen MR) is 105 cm³/mol. The Morgan fingerprint density at radius 3 is 2.52 bits per heavy atom. The third-order valence-corrected chi connectivity index (χ3v) is 4.44. The van der Waals surface area contributed by atoms with E-state index in [1.165, 1.54) is 11.5 Å². The van der Waals surface area contributed by atoms with E-state index in [0.29, 0.717) is 34.6 Å². The zero-order valence-corrected chi connectivity index (χ0v) is 16.2. The Morgan fingerprint density at radius 1 is 1.22 bits per heavy atom. The molecule has 0 aliphatic rings. The van der Waals surface area contributed by atoms with Crippen LogP contribution in [0, 0.1) is 16.7 Å². The minimum atomic E-state index is -0.123. The van der Waals surface area contributed by atoms with Crippen molar-refractivity contribution in [2.45, 2.75) is 34.2 Å². The largest absolute Gasteiger partial charge is 0.330 e. The number of Topliss-reactive ketones (excluding diaryl/α,β-unsaturated/α-hetero) is 1. The first-order valence-corrected chi connectivity index (χ1v) is 8.74. The van der Waals surface area contributed by atoms with Crippen LogP contribution in [0.5, 0.6) is 0 Å². The average molecular weight is 362 g/mol. The summed E-state index contributed by atoms with van der Waals surface area (Å²) in [5, 5.41) is 9.43. The highest BCUT2D eigenvalue weighted by molar-refractivity contribution is 5.96. The van der Waals surface area contributed by atoms with Gasteiger partial charge in [0.25, 0.3) is 0 Å². The van der Waals surface area contributed by atoms with Crippen LogP contribution in [0.1, 0.15) is 43.6 Å². The molecular formula is C21H22N4O2. The van der Waals surface area contributed by atoms with E-state index < -0.39 is 0 Å². The van der Waals surface area contributed by atoms with E-state index in [9.17, 15) is 14.9 Å². The van der Waals surface area contributed by atoms with Crippen molar-refractivity contribution in [2.24, 2.45) is 12.5 Å². The second kappa shape index (κ2) is 6.51. The number of aryl methyl sites for hydroxylation is 1. The molecule has 0 saturated carbocycles. The first-order valence-electron chi connectivity index (χ1n) is 8.74. The van der Waals surface area contributed by atoms with Gasteiger partial charge in [-0.05, 0) is 36.6 Å². The number of carbonyl (C=O) groups is 1. The minimum absolute atomic E-state index is 0.0550. The van der Waals surface area contributed by atoms with Crippen LogP contribution in [0.3, 0.4) is 0 Å². The van der Waals surface area contributed by atoms with Crippen molar-refractivity contribution in [1.29, 1.82) is 5.26 Å². The molecular weight excluding hydrogens is 340 g/mol. The third-order valence-electron chi connectivity index (χ3n) is 4.44. The van der Waals surface area contributed by atoms with Gasteiger partial charge in [0.2, 0.25) is 0 Å². The molecule has 0 spiro atoms. The number of hydrogen-bond donors (Lipinski definition) is 0. The standard InChI is InChI=1S/C21H22N4O2/c1-13(26)14-6-7-15(11-22)16(10-14)17-8-9-18-19(23-17)24(5)20(27)25(18)12-21(2,3)4/h6-10H,12H2,1-5H3. The summed E-state index contributed by atoms with van der Waals surface area (Å²) in [7, 11) is 1.69. The maximum Gasteiger partial charge on any atom is 0.330 e. The molecule has 3 rings (SSSR count). The quantitative estimate of drug-likeness (QED) is 0.668. The molecule has 3 aromatic rings. The number of nitrogens with zero attached hydrogens (tertiary/aromatic N) is 4. The van der Waals surface area contributed by atoms with Crippen molar-refractivity contribution >= 4 is 16.9 Å². The molecule has 0 bridgehead atoms. The zero-order chi connectivity index (χ0) is 19.9. The second-order valence-electron chi connectivity index (χ2n) is 7.96. The van der Waals surface area contributed by atoms with Gasteiger partial charge < -0.3 is 0 Å². The maximum absolute atomic E-state index is 12.7. The number of imidazole rings is 1. The van der Waals surface area contributed by atoms with Gasteiger partial charge in [0, 0.05) is 24.7 Å². The van der Waals surface area contributed by atoms with Crippen LogP contribution >= 0.6 is 0 Å². The first-order chi connectivity index (χ1) is 12.6. The summed E-state index contributed by atoms with van der Waals surface area (Å²) >= 11 is 0. The Kier molecular flexibility index (Phi) is 4.48. The van der Waals surface area contributed by atoms with Gasteiger partial charge in [0.05, 0.1) is 22.8 Å². The van der Waals surface area contributed by atoms with Crippen molar-refractivity contribution in [3.05, 3.63) is 51.9 Å². The van der Waals surface area contributed by atoms with E-state index in [0.717, 1.165) is 5.52 Å². The Morgan fingerprint density at radius 2 is 1.93 bits per heavy atom. The van der Waals surface area contributed by atoms with E-state index in [1.54, 1.807) is 35.9 Å². The fourth-order valence-corrected chi connectivity index (χ4v) is 3.12. The maximum atomic E-state index is 12.7. The molecule has 1 aromatic carbocycles. The number of rotatable bonds is 3. The number of fused-ring (bicyclic) bond motifs is 1. The number of hydrogen-bond acceptors (Lipinski definition) is 4. The molecule has 0 aliphatic heterocycles. The average Bonchev–Trinajstić information content (AvgIpc) is 2.84. The van der Waals surface area contributed by atoms with Gasteiger partial charge in [-0.25, -0.2) is 9.78 Å². The zero-order valence-electron chi connectivity index (χ0n) is 16.2. The van der Waals surface area contributed by atoms with Crippen LogP contribution in [0.15, 0.2) is 35.1 Å². The lowest BCUT2D eigenvalue weighted by molar-refractivity contribution is 0.101. The van der Waals surface area contributed by atoms with Crippen molar-refractivity contribution in [2.75, 3.05) is 0 Å². The molecule has 0 saturated heterocycles. The topological polar surface area (TPSA) is 80.7 Å². The van der Waals surface area contributed by atoms with Gasteiger partial charge in [0.15, 0.2) is 11.4 Å². The highest BCUT2D eigenvalue weighted by atomic mass is 16.1. The van der Waals surface area contributed by atoms with Crippen molar-refractivity contribution in [3.8, 4) is 17.3 Å². The first kappa shape index (κ1) is 18.6. The summed E-state index contributed by atoms with van der Waals surface area (Å²) in [4.78, 5) is 29.0. The van der Waals surface area contributed by atoms with E-state index in [1.807, 2.05) is 6.07 Å². The fraction of sp³-hybridized carbons (Fsp3) is 0.333. The number of pyridine rings is 1. The lowest BCUT2D eigenvalue weighted by Gasteiger charge is -2.18. The van der Waals surface area contributed by atoms with E-state index in [-0.39, 0.29) is 16.9 Å². The molecule has 0 amide bonds. The van der Waals surface area contributed by atoms with Gasteiger partial charge in [0.1, 0.15) is 0 Å². The van der Waals surface area contributed by atoms with Crippen LogP contribution in [0.2, 0.25) is 0 Å². The van der Waals surface area contributed by atoms with Crippen molar-refractivity contribution in [1.82, 2.24) is 14.1 Å². The highest BCUT2D eigenvalue weighted by Crippen LogP contribution is 2.26. The molecule has 2 heterocycles. The van der Waals surface area contributed by atoms with Gasteiger partial charge in [-0.1, -0.05) is 26.8 Å². The molecule has 138 valence electrons. The third kappa shape index (κ3) is 3.41. The van der Waals surface area contributed by atoms with Gasteiger partial charge in [-0.15, -0.1) is 0 Å². The van der Waals surface area contributed by atoms with Crippen LogP contribution in [-0.2, 0) is 13.6 Å². The predicted octanol–water partition coefficient (Wildman–Crippen LogP) is 3.52. The van der Waals surface area contributed by atoms with E-state index >= 15 is 0 Å². The summed E-state index contributed by atoms with van der Waals surface area (Å²) in [6, 6.07) is 10.7. The Balaban J connectivity index is 2.24. The van der Waals surface area contributed by atoms with Gasteiger partial charge in [-0.3, -0.25) is 13.9 Å². The Labute approximate surface area is 157 Å². The molecule has 0 radical (unpaired) electrons. The monoisotopic (exact) mass is 362 g/mol. The number of nitriles is 1. The van der Waals surface area contributed by atoms with Gasteiger partial charge in [-0.2, -0.15) is 5.26 Å². The second-order valence-corrected chi connectivity index (χ2v) is 7.96. The Hall–Kier alpha value is -3.20. The van der Waals surface area contributed by atoms with E-state index in [4.69, 9.17) is 0 Å². The number of carbonyl (C=O) groups excluding carboxylic acids is 1. The smallest absolute Gasteiger partial charge is 0.295 e. The molecule has 0 N–H and O–H groups in total. The normalized spacial score (nSPS) is 11.6. The van der Waals surface area contributed by atoms with Crippen LogP contribution in [-0.4, -0.2) is 19.9 Å². The highest BCUT2D eigenvalue weighted by Gasteiger charge is 2.19. The summed E-state index contributed by atoms with van der Waals surface area (Å²) < 4.78 is 3.24. The fourth-order valence-electron chi connectivity index (χ4n) is 3.12. The van der Waals surface area contributed by atoms with Crippen molar-refractivity contribution < 1.29 is 4.79 Å². The lowest BCUT2D eigenvalue weighted by atomic mass is 9.97. The molecule has 0 aliphatic carbocycles. The molecule has 2 aromatic heterocycles. The van der Waals surface area contributed by atoms with Crippen molar-refractivity contribution in [3.63, 3.8) is 0 Å². The van der Waals surface area contributed by atoms with Gasteiger partial charge >= 0.3 is 5.69 Å². The summed E-state index contributed by atoms with van der Waals surface area (Å²) in [6.45, 7) is 8.29. The van der Waals surface area contributed by atoms with Crippen LogP contribution in [0.4, 0.5) is 0 Å². The Bertz CT molecular complexity index is 1150. The molecule has 27 heavy (non-hydrogen) atoms.